The zero-order valence-corrected chi connectivity index (χ0v) is 12.7. The van der Waals surface area contributed by atoms with Gasteiger partial charge in [0, 0.05) is 32.3 Å². The van der Waals surface area contributed by atoms with Gasteiger partial charge in [0.25, 0.3) is 0 Å². The van der Waals surface area contributed by atoms with Crippen molar-refractivity contribution < 1.29 is 4.74 Å². The van der Waals surface area contributed by atoms with E-state index in [2.05, 4.69) is 17.3 Å². The van der Waals surface area contributed by atoms with E-state index >= 15 is 0 Å². The van der Waals surface area contributed by atoms with Gasteiger partial charge in [0.2, 0.25) is 0 Å². The average molecular weight is 268 g/mol. The summed E-state index contributed by atoms with van der Waals surface area (Å²) in [5, 5.41) is 3.75. The smallest absolute Gasteiger partial charge is 0.0701 e. The molecule has 1 aliphatic heterocycles. The van der Waals surface area contributed by atoms with E-state index in [0.29, 0.717) is 6.10 Å². The third-order valence-electron chi connectivity index (χ3n) is 4.57. The van der Waals surface area contributed by atoms with Crippen LogP contribution >= 0.6 is 0 Å². The predicted molar refractivity (Wildman–Crippen MR) is 80.6 cm³/mol. The van der Waals surface area contributed by atoms with Gasteiger partial charge in [-0.2, -0.15) is 0 Å². The monoisotopic (exact) mass is 268 g/mol. The Labute approximate surface area is 119 Å². The Balaban J connectivity index is 1.53. The van der Waals surface area contributed by atoms with Gasteiger partial charge < -0.3 is 15.0 Å². The summed E-state index contributed by atoms with van der Waals surface area (Å²) in [7, 11) is 2.23. The highest BCUT2D eigenvalue weighted by molar-refractivity contribution is 4.72. The molecule has 1 atom stereocenters. The number of nitrogens with zero attached hydrogens (tertiary/aromatic N) is 1. The molecular formula is C16H32N2O. The van der Waals surface area contributed by atoms with Crippen molar-refractivity contribution >= 4 is 0 Å². The summed E-state index contributed by atoms with van der Waals surface area (Å²) in [6.07, 6.45) is 12.8. The Bertz CT molecular complexity index is 221. The quantitative estimate of drug-likeness (QED) is 0.750. The largest absolute Gasteiger partial charge is 0.377 e. The zero-order chi connectivity index (χ0) is 13.3. The first-order chi connectivity index (χ1) is 9.34. The van der Waals surface area contributed by atoms with Crippen LogP contribution in [0.2, 0.25) is 0 Å². The summed E-state index contributed by atoms with van der Waals surface area (Å²) in [5.74, 6) is 0. The molecule has 1 saturated heterocycles. The van der Waals surface area contributed by atoms with Crippen LogP contribution in [-0.4, -0.2) is 50.3 Å². The molecule has 0 aromatic carbocycles. The summed E-state index contributed by atoms with van der Waals surface area (Å²) >= 11 is 0. The summed E-state index contributed by atoms with van der Waals surface area (Å²) in [4.78, 5) is 2.43. The van der Waals surface area contributed by atoms with Crippen LogP contribution in [0.1, 0.15) is 57.8 Å². The summed E-state index contributed by atoms with van der Waals surface area (Å²) in [6, 6.07) is 0.779. The molecular weight excluding hydrogens is 236 g/mol. The first-order valence-electron chi connectivity index (χ1n) is 8.38. The van der Waals surface area contributed by atoms with E-state index in [0.717, 1.165) is 32.3 Å². The fourth-order valence-electron chi connectivity index (χ4n) is 3.33. The highest BCUT2D eigenvalue weighted by Gasteiger charge is 2.16. The summed E-state index contributed by atoms with van der Waals surface area (Å²) in [5.41, 5.74) is 0. The molecule has 0 amide bonds. The minimum Gasteiger partial charge on any atom is -0.377 e. The van der Waals surface area contributed by atoms with Crippen LogP contribution in [0.3, 0.4) is 0 Å². The molecule has 1 saturated carbocycles. The van der Waals surface area contributed by atoms with Crippen LogP contribution in [0.15, 0.2) is 0 Å². The maximum Gasteiger partial charge on any atom is 0.0701 e. The van der Waals surface area contributed by atoms with E-state index in [1.54, 1.807) is 0 Å². The lowest BCUT2D eigenvalue weighted by Crippen LogP contribution is -2.39. The molecule has 1 heterocycles. The van der Waals surface area contributed by atoms with Crippen molar-refractivity contribution in [1.82, 2.24) is 10.2 Å². The minimum absolute atomic E-state index is 0.483. The molecule has 1 N–H and O–H groups in total. The molecule has 1 unspecified atom stereocenters. The fourth-order valence-corrected chi connectivity index (χ4v) is 3.33. The molecule has 0 spiro atoms. The standard InChI is InChI=1S/C16H32N2O/c1-18(14-16-10-6-7-13-19-16)12-11-17-15-8-4-2-3-5-9-15/h15-17H,2-14H2,1H3. The first-order valence-corrected chi connectivity index (χ1v) is 8.38. The van der Waals surface area contributed by atoms with Crippen LogP contribution in [0.4, 0.5) is 0 Å². The van der Waals surface area contributed by atoms with Gasteiger partial charge in [0.15, 0.2) is 0 Å². The molecule has 2 rings (SSSR count). The Morgan fingerprint density at radius 2 is 1.74 bits per heavy atom. The Hall–Kier alpha value is -0.120. The second-order valence-corrected chi connectivity index (χ2v) is 6.39. The molecule has 2 fully saturated rings. The van der Waals surface area contributed by atoms with E-state index in [1.165, 1.54) is 57.8 Å². The van der Waals surface area contributed by atoms with Gasteiger partial charge in [0.1, 0.15) is 0 Å². The molecule has 3 nitrogen and oxygen atoms in total. The van der Waals surface area contributed by atoms with Crippen molar-refractivity contribution in [2.45, 2.75) is 69.9 Å². The number of hydrogen-bond donors (Lipinski definition) is 1. The number of likely N-dealkylation sites (N-methyl/N-ethyl adjacent to an activating group) is 1. The highest BCUT2D eigenvalue weighted by Crippen LogP contribution is 2.17. The van der Waals surface area contributed by atoms with Crippen LogP contribution in [0, 0.1) is 0 Å². The van der Waals surface area contributed by atoms with Crippen LogP contribution in [-0.2, 0) is 4.74 Å². The Kier molecular flexibility index (Phi) is 7.18. The lowest BCUT2D eigenvalue weighted by atomic mass is 10.1. The van der Waals surface area contributed by atoms with E-state index in [1.807, 2.05) is 0 Å². The molecule has 0 bridgehead atoms. The minimum atomic E-state index is 0.483. The van der Waals surface area contributed by atoms with Crippen molar-refractivity contribution in [2.75, 3.05) is 33.3 Å². The molecule has 0 radical (unpaired) electrons. The van der Waals surface area contributed by atoms with Crippen molar-refractivity contribution in [3.63, 3.8) is 0 Å². The van der Waals surface area contributed by atoms with Crippen molar-refractivity contribution in [2.24, 2.45) is 0 Å². The molecule has 0 aromatic heterocycles. The third kappa shape index (κ3) is 6.24. The Morgan fingerprint density at radius 1 is 1.00 bits per heavy atom. The van der Waals surface area contributed by atoms with Gasteiger partial charge in [0.05, 0.1) is 6.10 Å². The highest BCUT2D eigenvalue weighted by atomic mass is 16.5. The van der Waals surface area contributed by atoms with Gasteiger partial charge in [-0.25, -0.2) is 0 Å². The molecule has 2 aliphatic rings. The normalized spacial score (nSPS) is 26.5. The van der Waals surface area contributed by atoms with Crippen LogP contribution in [0.5, 0.6) is 0 Å². The fraction of sp³-hybridized carbons (Fsp3) is 1.00. The van der Waals surface area contributed by atoms with Gasteiger partial charge in [-0.05, 0) is 39.2 Å². The second-order valence-electron chi connectivity index (χ2n) is 6.39. The first kappa shape index (κ1) is 15.3. The number of nitrogens with one attached hydrogen (secondary N) is 1. The van der Waals surface area contributed by atoms with Crippen LogP contribution in [0.25, 0.3) is 0 Å². The predicted octanol–water partition coefficient (Wildman–Crippen LogP) is 2.80. The zero-order valence-electron chi connectivity index (χ0n) is 12.7. The third-order valence-corrected chi connectivity index (χ3v) is 4.57. The lowest BCUT2D eigenvalue weighted by Gasteiger charge is -2.28. The van der Waals surface area contributed by atoms with E-state index in [4.69, 9.17) is 4.74 Å². The van der Waals surface area contributed by atoms with Gasteiger partial charge >= 0.3 is 0 Å². The summed E-state index contributed by atoms with van der Waals surface area (Å²) in [6.45, 7) is 4.36. The number of ether oxygens (including phenoxy) is 1. The average Bonchev–Trinajstić information content (AvgIpc) is 2.68. The SMILES string of the molecule is CN(CCNC1CCCCCC1)CC1CCCCO1. The molecule has 112 valence electrons. The van der Waals surface area contributed by atoms with Gasteiger partial charge in [-0.3, -0.25) is 0 Å². The molecule has 0 aromatic rings. The maximum absolute atomic E-state index is 5.80. The number of rotatable bonds is 6. The maximum atomic E-state index is 5.80. The van der Waals surface area contributed by atoms with E-state index in [-0.39, 0.29) is 0 Å². The lowest BCUT2D eigenvalue weighted by molar-refractivity contribution is -0.00130. The summed E-state index contributed by atoms with van der Waals surface area (Å²) < 4.78 is 5.80. The molecule has 3 heteroatoms. The van der Waals surface area contributed by atoms with Gasteiger partial charge in [-0.15, -0.1) is 0 Å². The van der Waals surface area contributed by atoms with E-state index in [9.17, 15) is 0 Å². The van der Waals surface area contributed by atoms with Gasteiger partial charge in [-0.1, -0.05) is 25.7 Å². The second kappa shape index (κ2) is 8.93. The van der Waals surface area contributed by atoms with Crippen molar-refractivity contribution in [1.29, 1.82) is 0 Å². The van der Waals surface area contributed by atoms with Crippen molar-refractivity contribution in [3.05, 3.63) is 0 Å². The van der Waals surface area contributed by atoms with E-state index < -0.39 is 0 Å². The Morgan fingerprint density at radius 3 is 2.42 bits per heavy atom. The van der Waals surface area contributed by atoms with Crippen molar-refractivity contribution in [3.8, 4) is 0 Å². The number of hydrogen-bond acceptors (Lipinski definition) is 3. The van der Waals surface area contributed by atoms with Crippen LogP contribution < -0.4 is 5.32 Å². The molecule has 1 aliphatic carbocycles. The topological polar surface area (TPSA) is 24.5 Å². The molecule has 19 heavy (non-hydrogen) atoms.